The number of pyridine rings is 1. The van der Waals surface area contributed by atoms with Crippen LogP contribution in [0.25, 0.3) is 0 Å². The number of hydrogen-bond donors (Lipinski definition) is 2. The summed E-state index contributed by atoms with van der Waals surface area (Å²) in [6.07, 6.45) is 10.4. The summed E-state index contributed by atoms with van der Waals surface area (Å²) in [5, 5.41) is 7.69. The first-order valence-corrected chi connectivity index (χ1v) is 10.1. The van der Waals surface area contributed by atoms with Gasteiger partial charge in [0.15, 0.2) is 5.96 Å². The van der Waals surface area contributed by atoms with E-state index < -0.39 is 0 Å². The smallest absolute Gasteiger partial charge is 0.213 e. The van der Waals surface area contributed by atoms with Crippen molar-refractivity contribution in [1.82, 2.24) is 15.6 Å². The van der Waals surface area contributed by atoms with Crippen LogP contribution in [0, 0.1) is 5.92 Å². The van der Waals surface area contributed by atoms with Crippen molar-refractivity contribution in [2.75, 3.05) is 19.9 Å². The highest BCUT2D eigenvalue weighted by Crippen LogP contribution is 2.29. The maximum Gasteiger partial charge on any atom is 0.213 e. The van der Waals surface area contributed by atoms with Crippen LogP contribution in [0.2, 0.25) is 0 Å². The summed E-state index contributed by atoms with van der Waals surface area (Å²) in [4.78, 5) is 8.71. The zero-order valence-electron chi connectivity index (χ0n) is 14.6. The minimum Gasteiger partial charge on any atom is -0.477 e. The van der Waals surface area contributed by atoms with Crippen LogP contribution in [0.1, 0.15) is 37.7 Å². The van der Waals surface area contributed by atoms with E-state index in [0.717, 1.165) is 35.2 Å². The van der Waals surface area contributed by atoms with Crippen LogP contribution in [0.5, 0.6) is 5.88 Å². The van der Waals surface area contributed by atoms with E-state index in [-0.39, 0.29) is 0 Å². The molecule has 0 aliphatic heterocycles. The number of nitrogens with one attached hydrogen (secondary N) is 2. The topological polar surface area (TPSA) is 58.5 Å². The average molecular weight is 349 g/mol. The van der Waals surface area contributed by atoms with E-state index in [1.165, 1.54) is 32.1 Å². The average Bonchev–Trinajstić information content (AvgIpc) is 3.34. The molecule has 2 unspecified atom stereocenters. The normalized spacial score (nSPS) is 24.0. The van der Waals surface area contributed by atoms with Crippen LogP contribution >= 0.6 is 11.8 Å². The lowest BCUT2D eigenvalue weighted by atomic mass is 10.2. The number of guanidine groups is 1. The van der Waals surface area contributed by atoms with Gasteiger partial charge in [0.1, 0.15) is 0 Å². The van der Waals surface area contributed by atoms with Gasteiger partial charge in [-0.2, -0.15) is 11.8 Å². The van der Waals surface area contributed by atoms with Gasteiger partial charge in [-0.25, -0.2) is 4.98 Å². The van der Waals surface area contributed by atoms with Crippen molar-refractivity contribution in [1.29, 1.82) is 0 Å². The third kappa shape index (κ3) is 5.30. The van der Waals surface area contributed by atoms with E-state index in [1.807, 2.05) is 31.1 Å². The molecule has 5 nitrogen and oxygen atoms in total. The summed E-state index contributed by atoms with van der Waals surface area (Å²) in [5.41, 5.74) is 1.13. The Kier molecular flexibility index (Phi) is 6.24. The highest BCUT2D eigenvalue weighted by atomic mass is 32.2. The zero-order valence-corrected chi connectivity index (χ0v) is 15.4. The first kappa shape index (κ1) is 17.4. The van der Waals surface area contributed by atoms with E-state index in [0.29, 0.717) is 12.6 Å². The number of rotatable bonds is 7. The lowest BCUT2D eigenvalue weighted by Gasteiger charge is -2.17. The fourth-order valence-corrected chi connectivity index (χ4v) is 3.74. The van der Waals surface area contributed by atoms with Crippen LogP contribution in [0.3, 0.4) is 0 Å². The number of thioether (sulfide) groups is 1. The van der Waals surface area contributed by atoms with E-state index in [9.17, 15) is 0 Å². The molecule has 132 valence electrons. The van der Waals surface area contributed by atoms with E-state index in [1.54, 1.807) is 0 Å². The van der Waals surface area contributed by atoms with Crippen molar-refractivity contribution < 1.29 is 4.74 Å². The molecular formula is C18H28N4OS. The quantitative estimate of drug-likeness (QED) is 0.586. The molecule has 1 aromatic heterocycles. The molecule has 0 radical (unpaired) electrons. The molecule has 0 amide bonds. The SMILES string of the molecule is CN=C(NCc1ccc(OCC2CC2)nc1)NC1CCC(SC)C1. The number of hydrogen-bond acceptors (Lipinski definition) is 4. The van der Waals surface area contributed by atoms with Gasteiger partial charge in [-0.1, -0.05) is 6.07 Å². The van der Waals surface area contributed by atoms with Crippen LogP contribution in [-0.2, 0) is 6.54 Å². The molecule has 0 bridgehead atoms. The van der Waals surface area contributed by atoms with Crippen LogP contribution in [0.4, 0.5) is 0 Å². The number of ether oxygens (including phenoxy) is 1. The van der Waals surface area contributed by atoms with Gasteiger partial charge in [0.25, 0.3) is 0 Å². The maximum atomic E-state index is 5.67. The summed E-state index contributed by atoms with van der Waals surface area (Å²) < 4.78 is 5.67. The van der Waals surface area contributed by atoms with Crippen LogP contribution in [-0.4, -0.2) is 42.1 Å². The summed E-state index contributed by atoms with van der Waals surface area (Å²) in [6.45, 7) is 1.52. The van der Waals surface area contributed by atoms with Gasteiger partial charge in [0, 0.05) is 37.1 Å². The molecule has 6 heteroatoms. The van der Waals surface area contributed by atoms with Crippen molar-refractivity contribution in [2.45, 2.75) is 49.9 Å². The molecule has 3 rings (SSSR count). The van der Waals surface area contributed by atoms with Gasteiger partial charge < -0.3 is 15.4 Å². The van der Waals surface area contributed by atoms with Crippen molar-refractivity contribution in [2.24, 2.45) is 10.9 Å². The second-order valence-corrected chi connectivity index (χ2v) is 7.83. The fourth-order valence-electron chi connectivity index (χ4n) is 2.95. The predicted octanol–water partition coefficient (Wildman–Crippen LogP) is 2.82. The summed E-state index contributed by atoms with van der Waals surface area (Å²) in [6, 6.07) is 4.55. The van der Waals surface area contributed by atoms with Gasteiger partial charge in [-0.15, -0.1) is 0 Å². The molecule has 0 spiro atoms. The maximum absolute atomic E-state index is 5.67. The van der Waals surface area contributed by atoms with Gasteiger partial charge in [0.2, 0.25) is 5.88 Å². The summed E-state index contributed by atoms with van der Waals surface area (Å²) in [7, 11) is 1.82. The fraction of sp³-hybridized carbons (Fsp3) is 0.667. The molecule has 0 aromatic carbocycles. The molecule has 1 aromatic rings. The predicted molar refractivity (Wildman–Crippen MR) is 101 cm³/mol. The summed E-state index contributed by atoms with van der Waals surface area (Å²) in [5.74, 6) is 2.35. The molecule has 2 N–H and O–H groups in total. The molecule has 2 saturated carbocycles. The highest BCUT2D eigenvalue weighted by Gasteiger charge is 2.24. The van der Waals surface area contributed by atoms with Gasteiger partial charge in [-0.3, -0.25) is 4.99 Å². The first-order chi connectivity index (χ1) is 11.8. The molecule has 2 atom stereocenters. The van der Waals surface area contributed by atoms with Crippen molar-refractivity contribution in [3.63, 3.8) is 0 Å². The first-order valence-electron chi connectivity index (χ1n) is 8.84. The Labute approximate surface area is 149 Å². The molecule has 1 heterocycles. The van der Waals surface area contributed by atoms with Gasteiger partial charge in [0.05, 0.1) is 6.61 Å². The second kappa shape index (κ2) is 8.60. The third-order valence-corrected chi connectivity index (χ3v) is 5.80. The van der Waals surface area contributed by atoms with Crippen LogP contribution in [0.15, 0.2) is 23.3 Å². The Morgan fingerprint density at radius 3 is 2.83 bits per heavy atom. The lowest BCUT2D eigenvalue weighted by molar-refractivity contribution is 0.288. The monoisotopic (exact) mass is 348 g/mol. The molecule has 24 heavy (non-hydrogen) atoms. The number of aromatic nitrogens is 1. The van der Waals surface area contributed by atoms with Crippen LogP contribution < -0.4 is 15.4 Å². The molecule has 0 saturated heterocycles. The van der Waals surface area contributed by atoms with E-state index in [4.69, 9.17) is 4.74 Å². The number of nitrogens with zero attached hydrogens (tertiary/aromatic N) is 2. The lowest BCUT2D eigenvalue weighted by Crippen LogP contribution is -2.42. The van der Waals surface area contributed by atoms with Gasteiger partial charge in [-0.05, 0) is 49.8 Å². The van der Waals surface area contributed by atoms with Crippen molar-refractivity contribution in [3.05, 3.63) is 23.9 Å². The largest absolute Gasteiger partial charge is 0.477 e. The van der Waals surface area contributed by atoms with Crippen molar-refractivity contribution in [3.8, 4) is 5.88 Å². The minimum atomic E-state index is 0.532. The molecular weight excluding hydrogens is 320 g/mol. The Morgan fingerprint density at radius 1 is 1.33 bits per heavy atom. The zero-order chi connectivity index (χ0) is 16.8. The Balaban J connectivity index is 1.41. The highest BCUT2D eigenvalue weighted by molar-refractivity contribution is 7.99. The Morgan fingerprint density at radius 2 is 2.21 bits per heavy atom. The molecule has 2 aliphatic rings. The molecule has 2 fully saturated rings. The minimum absolute atomic E-state index is 0.532. The summed E-state index contributed by atoms with van der Waals surface area (Å²) >= 11 is 1.97. The standard InChI is InChI=1S/C18H28N4OS/c1-19-18(22-15-6-7-16(9-15)24-2)21-11-14-5-8-17(20-10-14)23-12-13-3-4-13/h5,8,10,13,15-16H,3-4,6-7,9,11-12H2,1-2H3,(H2,19,21,22). The third-order valence-electron chi connectivity index (χ3n) is 4.70. The van der Waals surface area contributed by atoms with Gasteiger partial charge >= 0.3 is 0 Å². The number of aliphatic imine (C=N–C) groups is 1. The Hall–Kier alpha value is -1.43. The Bertz CT molecular complexity index is 544. The van der Waals surface area contributed by atoms with Crippen molar-refractivity contribution >= 4 is 17.7 Å². The van der Waals surface area contributed by atoms with E-state index in [2.05, 4.69) is 32.9 Å². The second-order valence-electron chi connectivity index (χ2n) is 6.70. The van der Waals surface area contributed by atoms with E-state index >= 15 is 0 Å². The molecule has 2 aliphatic carbocycles.